The van der Waals surface area contributed by atoms with Crippen molar-refractivity contribution in [3.8, 4) is 0 Å². The summed E-state index contributed by atoms with van der Waals surface area (Å²) in [6, 6.07) is 9.23. The van der Waals surface area contributed by atoms with Crippen molar-refractivity contribution in [3.05, 3.63) is 49.0 Å². The fourth-order valence-electron chi connectivity index (χ4n) is 1.34. The third-order valence-electron chi connectivity index (χ3n) is 1.95. The molecule has 0 saturated carbocycles. The van der Waals surface area contributed by atoms with Gasteiger partial charge in [-0.15, -0.1) is 0 Å². The van der Waals surface area contributed by atoms with Crippen LogP contribution in [0.4, 0.5) is 0 Å². The largest absolute Gasteiger partial charge is 0.294 e. The van der Waals surface area contributed by atoms with Gasteiger partial charge in [-0.2, -0.15) is 0 Å². The van der Waals surface area contributed by atoms with Crippen molar-refractivity contribution in [1.82, 2.24) is 4.98 Å². The number of fused-ring (bicyclic) bond motifs is 1. The van der Waals surface area contributed by atoms with Gasteiger partial charge in [-0.25, -0.2) is 0 Å². The Labute approximate surface area is 76.2 Å². The van der Waals surface area contributed by atoms with E-state index in [1.165, 1.54) is 0 Å². The Morgan fingerprint density at radius 3 is 2.77 bits per heavy atom. The molecule has 0 saturated heterocycles. The molecule has 0 unspecified atom stereocenters. The molecule has 2 aromatic rings. The highest BCUT2D eigenvalue weighted by molar-refractivity contribution is 6.09. The lowest BCUT2D eigenvalue weighted by molar-refractivity contribution is 0.104. The third kappa shape index (κ3) is 1.31. The molecule has 0 atom stereocenters. The zero-order chi connectivity index (χ0) is 9.26. The second-order valence-corrected chi connectivity index (χ2v) is 2.80. The molecule has 1 radical (unpaired) electrons. The SMILES string of the molecule is [CH2]C(=O)c1ccnc2ccccc12. The molecule has 2 rings (SSSR count). The summed E-state index contributed by atoms with van der Waals surface area (Å²) >= 11 is 0. The van der Waals surface area contributed by atoms with Crippen LogP contribution in [-0.4, -0.2) is 10.8 Å². The van der Waals surface area contributed by atoms with Gasteiger partial charge in [-0.05, 0) is 12.1 Å². The Kier molecular flexibility index (Phi) is 1.81. The molecule has 63 valence electrons. The van der Waals surface area contributed by atoms with E-state index in [9.17, 15) is 4.79 Å². The standard InChI is InChI=1S/C11H8NO/c1-8(13)9-6-7-12-11-5-3-2-4-10(9)11/h2-7H,1H2. The number of benzene rings is 1. The summed E-state index contributed by atoms with van der Waals surface area (Å²) in [6.45, 7) is 3.39. The molecule has 2 heteroatoms. The molecule has 1 heterocycles. The molecular weight excluding hydrogens is 162 g/mol. The topological polar surface area (TPSA) is 30.0 Å². The number of carbonyl (C=O) groups excluding carboxylic acids is 1. The fraction of sp³-hybridized carbons (Fsp3) is 0. The summed E-state index contributed by atoms with van der Waals surface area (Å²) in [5.74, 6) is -0.168. The van der Waals surface area contributed by atoms with Crippen LogP contribution in [0.15, 0.2) is 36.5 Å². The summed E-state index contributed by atoms with van der Waals surface area (Å²) in [7, 11) is 0. The van der Waals surface area contributed by atoms with E-state index in [-0.39, 0.29) is 5.78 Å². The van der Waals surface area contributed by atoms with Gasteiger partial charge in [0.25, 0.3) is 0 Å². The molecular formula is C11H8NO. The van der Waals surface area contributed by atoms with Crippen molar-refractivity contribution in [1.29, 1.82) is 0 Å². The van der Waals surface area contributed by atoms with Crippen molar-refractivity contribution in [3.63, 3.8) is 0 Å². The van der Waals surface area contributed by atoms with Crippen molar-refractivity contribution in [2.75, 3.05) is 0 Å². The number of aromatic nitrogens is 1. The molecule has 0 aliphatic heterocycles. The Bertz CT molecular complexity index is 457. The van der Waals surface area contributed by atoms with Crippen molar-refractivity contribution < 1.29 is 4.79 Å². The Morgan fingerprint density at radius 2 is 2.00 bits per heavy atom. The fourth-order valence-corrected chi connectivity index (χ4v) is 1.34. The van der Waals surface area contributed by atoms with Gasteiger partial charge >= 0.3 is 0 Å². The van der Waals surface area contributed by atoms with E-state index < -0.39 is 0 Å². The Balaban J connectivity index is 2.83. The summed E-state index contributed by atoms with van der Waals surface area (Å²) in [5, 5.41) is 0.866. The number of hydrogen-bond donors (Lipinski definition) is 0. The van der Waals surface area contributed by atoms with Crippen LogP contribution < -0.4 is 0 Å². The molecule has 0 N–H and O–H groups in total. The molecule has 0 aliphatic carbocycles. The van der Waals surface area contributed by atoms with Gasteiger partial charge in [-0.1, -0.05) is 18.2 Å². The first-order valence-corrected chi connectivity index (χ1v) is 3.99. The molecule has 0 bridgehead atoms. The van der Waals surface area contributed by atoms with Gasteiger partial charge in [0.15, 0.2) is 5.78 Å². The van der Waals surface area contributed by atoms with E-state index in [1.54, 1.807) is 12.3 Å². The smallest absolute Gasteiger partial charge is 0.164 e. The predicted molar refractivity (Wildman–Crippen MR) is 51.4 cm³/mol. The van der Waals surface area contributed by atoms with Crippen LogP contribution in [0.3, 0.4) is 0 Å². The van der Waals surface area contributed by atoms with Crippen LogP contribution in [0.5, 0.6) is 0 Å². The van der Waals surface area contributed by atoms with Crippen LogP contribution in [0.25, 0.3) is 10.9 Å². The molecule has 0 amide bonds. The zero-order valence-electron chi connectivity index (χ0n) is 7.03. The van der Waals surface area contributed by atoms with Crippen LogP contribution in [0, 0.1) is 6.92 Å². The van der Waals surface area contributed by atoms with E-state index in [0.717, 1.165) is 10.9 Å². The maximum absolute atomic E-state index is 11.1. The van der Waals surface area contributed by atoms with E-state index >= 15 is 0 Å². The Morgan fingerprint density at radius 1 is 1.23 bits per heavy atom. The first kappa shape index (κ1) is 7.92. The minimum Gasteiger partial charge on any atom is -0.294 e. The quantitative estimate of drug-likeness (QED) is 0.614. The summed E-state index contributed by atoms with van der Waals surface area (Å²) in [4.78, 5) is 15.3. The van der Waals surface area contributed by atoms with E-state index in [4.69, 9.17) is 0 Å². The minimum absolute atomic E-state index is 0.168. The van der Waals surface area contributed by atoms with E-state index in [1.807, 2.05) is 24.3 Å². The summed E-state index contributed by atoms with van der Waals surface area (Å²) < 4.78 is 0. The molecule has 0 spiro atoms. The number of ketones is 1. The highest BCUT2D eigenvalue weighted by Gasteiger charge is 2.04. The minimum atomic E-state index is -0.168. The average molecular weight is 170 g/mol. The first-order valence-electron chi connectivity index (χ1n) is 3.99. The number of Topliss-reactive ketones (excluding diaryl/α,β-unsaturated/α-hetero) is 1. The second kappa shape index (κ2) is 2.98. The van der Waals surface area contributed by atoms with Gasteiger partial charge in [0.1, 0.15) is 0 Å². The number of hydrogen-bond acceptors (Lipinski definition) is 2. The van der Waals surface area contributed by atoms with Crippen LogP contribution in [0.2, 0.25) is 0 Å². The lowest BCUT2D eigenvalue weighted by Gasteiger charge is -2.00. The van der Waals surface area contributed by atoms with Crippen LogP contribution >= 0.6 is 0 Å². The highest BCUT2D eigenvalue weighted by atomic mass is 16.1. The number of para-hydroxylation sites is 1. The van der Waals surface area contributed by atoms with Gasteiger partial charge in [0, 0.05) is 24.1 Å². The summed E-state index contributed by atoms with van der Waals surface area (Å²) in [5.41, 5.74) is 1.46. The number of nitrogens with zero attached hydrogens (tertiary/aromatic N) is 1. The van der Waals surface area contributed by atoms with Gasteiger partial charge in [-0.3, -0.25) is 9.78 Å². The summed E-state index contributed by atoms with van der Waals surface area (Å²) in [6.07, 6.45) is 1.63. The van der Waals surface area contributed by atoms with Gasteiger partial charge < -0.3 is 0 Å². The average Bonchev–Trinajstić information content (AvgIpc) is 2.17. The van der Waals surface area contributed by atoms with Crippen LogP contribution in [-0.2, 0) is 0 Å². The van der Waals surface area contributed by atoms with E-state index in [2.05, 4.69) is 11.9 Å². The molecule has 0 aliphatic rings. The normalized spacial score (nSPS) is 10.2. The maximum atomic E-state index is 11.1. The highest BCUT2D eigenvalue weighted by Crippen LogP contribution is 2.15. The second-order valence-electron chi connectivity index (χ2n) is 2.80. The lowest BCUT2D eigenvalue weighted by atomic mass is 10.1. The van der Waals surface area contributed by atoms with Gasteiger partial charge in [0.2, 0.25) is 0 Å². The monoisotopic (exact) mass is 170 g/mol. The number of carbonyl (C=O) groups is 1. The zero-order valence-corrected chi connectivity index (χ0v) is 7.03. The predicted octanol–water partition coefficient (Wildman–Crippen LogP) is 2.25. The van der Waals surface area contributed by atoms with Gasteiger partial charge in [0.05, 0.1) is 5.52 Å². The number of rotatable bonds is 1. The third-order valence-corrected chi connectivity index (χ3v) is 1.95. The lowest BCUT2D eigenvalue weighted by Crippen LogP contribution is -1.94. The molecule has 1 aromatic carbocycles. The Hall–Kier alpha value is -1.70. The van der Waals surface area contributed by atoms with Crippen molar-refractivity contribution in [2.24, 2.45) is 0 Å². The molecule has 1 aromatic heterocycles. The molecule has 13 heavy (non-hydrogen) atoms. The van der Waals surface area contributed by atoms with Crippen molar-refractivity contribution in [2.45, 2.75) is 0 Å². The maximum Gasteiger partial charge on any atom is 0.164 e. The van der Waals surface area contributed by atoms with Crippen molar-refractivity contribution >= 4 is 16.7 Å². The van der Waals surface area contributed by atoms with Crippen LogP contribution in [0.1, 0.15) is 10.4 Å². The van der Waals surface area contributed by atoms with E-state index in [0.29, 0.717) is 5.56 Å². The molecule has 2 nitrogen and oxygen atoms in total. The number of pyridine rings is 1. The molecule has 0 fully saturated rings. The first-order chi connectivity index (χ1) is 6.29.